The molecule has 0 bridgehead atoms. The van der Waals surface area contributed by atoms with Gasteiger partial charge in [-0.2, -0.15) is 11.8 Å². The van der Waals surface area contributed by atoms with Crippen molar-refractivity contribution in [2.24, 2.45) is 5.84 Å². The molecule has 4 nitrogen and oxygen atoms in total. The number of nitrogens with one attached hydrogen (secondary N) is 2. The second kappa shape index (κ2) is 6.51. The van der Waals surface area contributed by atoms with Crippen molar-refractivity contribution in [2.75, 3.05) is 18.2 Å². The van der Waals surface area contributed by atoms with Gasteiger partial charge in [-0.3, -0.25) is 10.6 Å². The van der Waals surface area contributed by atoms with Gasteiger partial charge in [-0.05, 0) is 30.9 Å². The van der Waals surface area contributed by atoms with E-state index in [1.165, 1.54) is 0 Å². The van der Waals surface area contributed by atoms with Crippen LogP contribution in [0.15, 0.2) is 18.2 Å². The molecule has 1 aromatic rings. The van der Waals surface area contributed by atoms with Crippen molar-refractivity contribution in [1.29, 1.82) is 0 Å². The van der Waals surface area contributed by atoms with Crippen molar-refractivity contribution < 1.29 is 4.79 Å². The standard InChI is InChI=1S/C12H19N3OS/c1-8-4-5-10(11(6-8)15-13)12(16)14-7-9(2)17-3/h4-6,9,15H,7,13H2,1-3H3,(H,14,16). The fourth-order valence-corrected chi connectivity index (χ4v) is 1.64. The van der Waals surface area contributed by atoms with Crippen molar-refractivity contribution in [3.05, 3.63) is 29.3 Å². The number of aryl methyl sites for hydroxylation is 1. The fraction of sp³-hybridized carbons (Fsp3) is 0.417. The number of hydrazine groups is 1. The largest absolute Gasteiger partial charge is 0.351 e. The van der Waals surface area contributed by atoms with Crippen LogP contribution in [0.3, 0.4) is 0 Å². The predicted molar refractivity (Wildman–Crippen MR) is 74.3 cm³/mol. The van der Waals surface area contributed by atoms with Gasteiger partial charge in [0.15, 0.2) is 0 Å². The maximum atomic E-state index is 11.9. The van der Waals surface area contributed by atoms with E-state index in [-0.39, 0.29) is 5.91 Å². The number of anilines is 1. The minimum absolute atomic E-state index is 0.0983. The van der Waals surface area contributed by atoms with Gasteiger partial charge in [0.2, 0.25) is 0 Å². The number of nitrogen functional groups attached to an aromatic ring is 1. The average molecular weight is 253 g/mol. The van der Waals surface area contributed by atoms with Crippen molar-refractivity contribution >= 4 is 23.4 Å². The Morgan fingerprint density at radius 1 is 1.53 bits per heavy atom. The molecule has 94 valence electrons. The molecule has 4 N–H and O–H groups in total. The summed E-state index contributed by atoms with van der Waals surface area (Å²) in [6.45, 7) is 4.68. The highest BCUT2D eigenvalue weighted by Crippen LogP contribution is 2.16. The summed E-state index contributed by atoms with van der Waals surface area (Å²) < 4.78 is 0. The first-order chi connectivity index (χ1) is 8.08. The van der Waals surface area contributed by atoms with E-state index in [9.17, 15) is 4.79 Å². The number of carbonyl (C=O) groups is 1. The molecular formula is C12H19N3OS. The molecule has 1 atom stereocenters. The normalized spacial score (nSPS) is 12.0. The van der Waals surface area contributed by atoms with Crippen LogP contribution in [0.4, 0.5) is 5.69 Å². The molecule has 1 unspecified atom stereocenters. The van der Waals surface area contributed by atoms with E-state index < -0.39 is 0 Å². The third kappa shape index (κ3) is 3.94. The number of carbonyl (C=O) groups excluding carboxylic acids is 1. The second-order valence-electron chi connectivity index (χ2n) is 3.95. The topological polar surface area (TPSA) is 67.2 Å². The number of thioether (sulfide) groups is 1. The minimum atomic E-state index is -0.0983. The van der Waals surface area contributed by atoms with Gasteiger partial charge in [0.25, 0.3) is 5.91 Å². The van der Waals surface area contributed by atoms with Gasteiger partial charge in [0, 0.05) is 11.8 Å². The summed E-state index contributed by atoms with van der Waals surface area (Å²) in [6.07, 6.45) is 2.02. The van der Waals surface area contributed by atoms with Crippen LogP contribution in [-0.4, -0.2) is 24.0 Å². The van der Waals surface area contributed by atoms with Gasteiger partial charge in [-0.25, -0.2) is 0 Å². The molecule has 0 fully saturated rings. The SMILES string of the molecule is CSC(C)CNC(=O)c1ccc(C)cc1NN. The van der Waals surface area contributed by atoms with Crippen molar-refractivity contribution in [3.63, 3.8) is 0 Å². The van der Waals surface area contributed by atoms with Gasteiger partial charge in [0.1, 0.15) is 0 Å². The Kier molecular flexibility index (Phi) is 5.31. The summed E-state index contributed by atoms with van der Waals surface area (Å²) >= 11 is 1.72. The quantitative estimate of drug-likeness (QED) is 0.552. The molecule has 1 amide bonds. The van der Waals surface area contributed by atoms with E-state index in [0.717, 1.165) is 5.56 Å². The second-order valence-corrected chi connectivity index (χ2v) is 5.23. The smallest absolute Gasteiger partial charge is 0.253 e. The molecule has 0 heterocycles. The van der Waals surface area contributed by atoms with Gasteiger partial charge < -0.3 is 10.7 Å². The van der Waals surface area contributed by atoms with Crippen LogP contribution < -0.4 is 16.6 Å². The molecular weight excluding hydrogens is 234 g/mol. The van der Waals surface area contributed by atoms with Crippen molar-refractivity contribution in [3.8, 4) is 0 Å². The Hall–Kier alpha value is -1.20. The fourth-order valence-electron chi connectivity index (χ4n) is 1.39. The van der Waals surface area contributed by atoms with Crippen LogP contribution >= 0.6 is 11.8 Å². The van der Waals surface area contributed by atoms with Crippen LogP contribution in [0.2, 0.25) is 0 Å². The summed E-state index contributed by atoms with van der Waals surface area (Å²) in [5, 5.41) is 3.29. The molecule has 0 aliphatic carbocycles. The molecule has 0 saturated heterocycles. The first-order valence-electron chi connectivity index (χ1n) is 5.46. The highest BCUT2D eigenvalue weighted by atomic mass is 32.2. The maximum absolute atomic E-state index is 11.9. The highest BCUT2D eigenvalue weighted by Gasteiger charge is 2.11. The van der Waals surface area contributed by atoms with Gasteiger partial charge in [-0.15, -0.1) is 0 Å². The van der Waals surface area contributed by atoms with Crippen LogP contribution in [0.1, 0.15) is 22.8 Å². The molecule has 1 rings (SSSR count). The van der Waals surface area contributed by atoms with E-state index in [4.69, 9.17) is 5.84 Å². The zero-order valence-electron chi connectivity index (χ0n) is 10.4. The van der Waals surface area contributed by atoms with E-state index in [1.54, 1.807) is 17.8 Å². The Morgan fingerprint density at radius 3 is 2.82 bits per heavy atom. The van der Waals surface area contributed by atoms with E-state index in [0.29, 0.717) is 23.0 Å². The summed E-state index contributed by atoms with van der Waals surface area (Å²) in [5.41, 5.74) is 4.84. The monoisotopic (exact) mass is 253 g/mol. The lowest BCUT2D eigenvalue weighted by molar-refractivity contribution is 0.0955. The number of hydrogen-bond acceptors (Lipinski definition) is 4. The molecule has 0 aliphatic rings. The summed E-state index contributed by atoms with van der Waals surface area (Å²) in [5.74, 6) is 5.31. The highest BCUT2D eigenvalue weighted by molar-refractivity contribution is 7.99. The molecule has 0 aliphatic heterocycles. The number of amides is 1. The van der Waals surface area contributed by atoms with Crippen molar-refractivity contribution in [1.82, 2.24) is 5.32 Å². The predicted octanol–water partition coefficient (Wildman–Crippen LogP) is 1.76. The maximum Gasteiger partial charge on any atom is 0.253 e. The van der Waals surface area contributed by atoms with Crippen LogP contribution in [0, 0.1) is 6.92 Å². The van der Waals surface area contributed by atoms with Gasteiger partial charge in [0.05, 0.1) is 11.3 Å². The third-order valence-electron chi connectivity index (χ3n) is 2.53. The molecule has 0 radical (unpaired) electrons. The molecule has 17 heavy (non-hydrogen) atoms. The van der Waals surface area contributed by atoms with Crippen LogP contribution in [-0.2, 0) is 0 Å². The molecule has 0 aromatic heterocycles. The summed E-state index contributed by atoms with van der Waals surface area (Å²) in [7, 11) is 0. The lowest BCUT2D eigenvalue weighted by Gasteiger charge is -2.12. The van der Waals surface area contributed by atoms with Gasteiger partial charge >= 0.3 is 0 Å². The zero-order chi connectivity index (χ0) is 12.8. The number of rotatable bonds is 5. The first kappa shape index (κ1) is 13.9. The zero-order valence-corrected chi connectivity index (χ0v) is 11.2. The number of hydrogen-bond donors (Lipinski definition) is 3. The van der Waals surface area contributed by atoms with Gasteiger partial charge in [-0.1, -0.05) is 13.0 Å². The Morgan fingerprint density at radius 2 is 2.24 bits per heavy atom. The minimum Gasteiger partial charge on any atom is -0.351 e. The lowest BCUT2D eigenvalue weighted by Crippen LogP contribution is -2.30. The summed E-state index contributed by atoms with van der Waals surface area (Å²) in [6, 6.07) is 5.53. The van der Waals surface area contributed by atoms with Crippen LogP contribution in [0.5, 0.6) is 0 Å². The Balaban J connectivity index is 2.75. The molecule has 1 aromatic carbocycles. The molecule has 0 spiro atoms. The van der Waals surface area contributed by atoms with Crippen LogP contribution in [0.25, 0.3) is 0 Å². The van der Waals surface area contributed by atoms with E-state index >= 15 is 0 Å². The Bertz CT molecular complexity index is 395. The third-order valence-corrected chi connectivity index (χ3v) is 3.50. The van der Waals surface area contributed by atoms with Crippen molar-refractivity contribution in [2.45, 2.75) is 19.1 Å². The summed E-state index contributed by atoms with van der Waals surface area (Å²) in [4.78, 5) is 11.9. The average Bonchev–Trinajstić information content (AvgIpc) is 2.35. The Labute approximate surface area is 106 Å². The van der Waals surface area contributed by atoms with E-state index in [2.05, 4.69) is 17.7 Å². The molecule has 0 saturated carbocycles. The van der Waals surface area contributed by atoms with E-state index in [1.807, 2.05) is 25.3 Å². The first-order valence-corrected chi connectivity index (χ1v) is 6.75. The number of nitrogens with two attached hydrogens (primary N) is 1. The number of benzene rings is 1. The lowest BCUT2D eigenvalue weighted by atomic mass is 10.1. The molecule has 5 heteroatoms.